The highest BCUT2D eigenvalue weighted by Crippen LogP contribution is 2.09. The first-order valence-electron chi connectivity index (χ1n) is 6.16. The van der Waals surface area contributed by atoms with E-state index < -0.39 is 0 Å². The number of benzene rings is 1. The zero-order valence-corrected chi connectivity index (χ0v) is 10.7. The van der Waals surface area contributed by atoms with Crippen molar-refractivity contribution in [3.8, 4) is 0 Å². The summed E-state index contributed by atoms with van der Waals surface area (Å²) >= 11 is 0. The summed E-state index contributed by atoms with van der Waals surface area (Å²) in [4.78, 5) is 23.2. The molecule has 7 nitrogen and oxygen atoms in total. The molecular formula is C13H14N6O. The third kappa shape index (κ3) is 2.04. The molecule has 0 atom stereocenters. The van der Waals surface area contributed by atoms with Gasteiger partial charge in [-0.2, -0.15) is 4.98 Å². The Kier molecular flexibility index (Phi) is 2.96. The van der Waals surface area contributed by atoms with E-state index >= 15 is 0 Å². The van der Waals surface area contributed by atoms with Crippen LogP contribution in [0, 0.1) is 0 Å². The average molecular weight is 270 g/mol. The molecule has 2 aromatic heterocycles. The number of rotatable bonds is 3. The van der Waals surface area contributed by atoms with Gasteiger partial charge in [-0.25, -0.2) is 4.98 Å². The van der Waals surface area contributed by atoms with Crippen molar-refractivity contribution in [2.75, 3.05) is 5.73 Å². The summed E-state index contributed by atoms with van der Waals surface area (Å²) in [5.41, 5.74) is 13.8. The number of H-pyrrole nitrogens is 1. The molecule has 7 heteroatoms. The van der Waals surface area contributed by atoms with E-state index in [1.807, 2.05) is 24.3 Å². The van der Waals surface area contributed by atoms with Crippen LogP contribution in [0.2, 0.25) is 0 Å². The Balaban J connectivity index is 2.03. The fourth-order valence-corrected chi connectivity index (χ4v) is 2.05. The van der Waals surface area contributed by atoms with E-state index in [0.717, 1.165) is 11.1 Å². The van der Waals surface area contributed by atoms with Crippen LogP contribution in [0.5, 0.6) is 0 Å². The predicted octanol–water partition coefficient (Wildman–Crippen LogP) is 0.209. The molecule has 0 bridgehead atoms. The van der Waals surface area contributed by atoms with Gasteiger partial charge in [-0.1, -0.05) is 24.3 Å². The number of imidazole rings is 1. The lowest BCUT2D eigenvalue weighted by atomic mass is 10.1. The Morgan fingerprint density at radius 3 is 2.60 bits per heavy atom. The number of hydrogen-bond acceptors (Lipinski definition) is 5. The normalized spacial score (nSPS) is 11.1. The van der Waals surface area contributed by atoms with Crippen molar-refractivity contribution in [3.05, 3.63) is 52.1 Å². The Morgan fingerprint density at radius 1 is 1.20 bits per heavy atom. The van der Waals surface area contributed by atoms with E-state index in [4.69, 9.17) is 11.5 Å². The van der Waals surface area contributed by atoms with E-state index in [0.29, 0.717) is 18.7 Å². The number of nitrogen functional groups attached to an aromatic ring is 1. The number of fused-ring (bicyclic) bond motifs is 1. The predicted molar refractivity (Wildman–Crippen MR) is 76.0 cm³/mol. The van der Waals surface area contributed by atoms with Crippen LogP contribution >= 0.6 is 0 Å². The molecule has 3 aromatic rings. The molecule has 0 aliphatic heterocycles. The molecule has 102 valence electrons. The molecule has 5 N–H and O–H groups in total. The quantitative estimate of drug-likeness (QED) is 0.629. The van der Waals surface area contributed by atoms with Crippen LogP contribution in [0.3, 0.4) is 0 Å². The molecule has 2 heterocycles. The average Bonchev–Trinajstić information content (AvgIpc) is 2.92. The van der Waals surface area contributed by atoms with Gasteiger partial charge >= 0.3 is 0 Å². The topological polar surface area (TPSA) is 116 Å². The maximum Gasteiger partial charge on any atom is 0.283 e. The minimum atomic E-state index is -0.253. The Labute approximate surface area is 114 Å². The Morgan fingerprint density at radius 2 is 1.90 bits per heavy atom. The summed E-state index contributed by atoms with van der Waals surface area (Å²) in [6, 6.07) is 7.69. The van der Waals surface area contributed by atoms with Crippen molar-refractivity contribution in [1.82, 2.24) is 19.5 Å². The van der Waals surface area contributed by atoms with Crippen LogP contribution in [-0.4, -0.2) is 19.5 Å². The fourth-order valence-electron chi connectivity index (χ4n) is 2.05. The van der Waals surface area contributed by atoms with Gasteiger partial charge in [-0.05, 0) is 11.1 Å². The van der Waals surface area contributed by atoms with Gasteiger partial charge in [-0.3, -0.25) is 9.36 Å². The maximum absolute atomic E-state index is 12.3. The van der Waals surface area contributed by atoms with Gasteiger partial charge in [-0.15, -0.1) is 0 Å². The number of nitrogens with two attached hydrogens (primary N) is 2. The van der Waals surface area contributed by atoms with Crippen molar-refractivity contribution in [2.24, 2.45) is 5.73 Å². The minimum absolute atomic E-state index is 0.162. The highest BCUT2D eigenvalue weighted by atomic mass is 16.1. The van der Waals surface area contributed by atoms with Gasteiger partial charge in [0.15, 0.2) is 11.2 Å². The molecule has 0 fully saturated rings. The van der Waals surface area contributed by atoms with Crippen LogP contribution in [0.25, 0.3) is 11.2 Å². The van der Waals surface area contributed by atoms with Crippen molar-refractivity contribution in [2.45, 2.75) is 13.1 Å². The standard InChI is InChI=1S/C13H14N6O/c14-5-8-1-3-9(4-2-8)6-19-12(20)10-11(17-7-16-10)18-13(19)15/h1-4,7H,5-6,14H2,(H2,15,18)(H,16,17). The Hall–Kier alpha value is -2.67. The van der Waals surface area contributed by atoms with Gasteiger partial charge in [0.1, 0.15) is 0 Å². The second-order valence-corrected chi connectivity index (χ2v) is 4.48. The third-order valence-electron chi connectivity index (χ3n) is 3.17. The molecule has 1 aromatic carbocycles. The van der Waals surface area contributed by atoms with E-state index in [2.05, 4.69) is 15.0 Å². The van der Waals surface area contributed by atoms with Crippen molar-refractivity contribution >= 4 is 17.1 Å². The van der Waals surface area contributed by atoms with E-state index in [9.17, 15) is 4.79 Å². The highest BCUT2D eigenvalue weighted by Gasteiger charge is 2.10. The lowest BCUT2D eigenvalue weighted by molar-refractivity contribution is 0.761. The zero-order chi connectivity index (χ0) is 14.1. The summed E-state index contributed by atoms with van der Waals surface area (Å²) in [7, 11) is 0. The fraction of sp³-hybridized carbons (Fsp3) is 0.154. The summed E-state index contributed by atoms with van der Waals surface area (Å²) in [5, 5.41) is 0. The van der Waals surface area contributed by atoms with Crippen LogP contribution in [0.15, 0.2) is 35.4 Å². The molecule has 0 radical (unpaired) electrons. The number of nitrogens with zero attached hydrogens (tertiary/aromatic N) is 3. The first-order valence-corrected chi connectivity index (χ1v) is 6.16. The van der Waals surface area contributed by atoms with Gasteiger partial charge in [0.25, 0.3) is 5.56 Å². The summed E-state index contributed by atoms with van der Waals surface area (Å²) in [6.07, 6.45) is 1.43. The molecule has 0 unspecified atom stereocenters. The molecule has 3 rings (SSSR count). The largest absolute Gasteiger partial charge is 0.369 e. The van der Waals surface area contributed by atoms with E-state index in [-0.39, 0.29) is 17.0 Å². The van der Waals surface area contributed by atoms with Crippen LogP contribution in [0.4, 0.5) is 5.95 Å². The van der Waals surface area contributed by atoms with Crippen LogP contribution in [-0.2, 0) is 13.1 Å². The lowest BCUT2D eigenvalue weighted by Gasteiger charge is -2.09. The lowest BCUT2D eigenvalue weighted by Crippen LogP contribution is -2.25. The molecule has 0 aliphatic carbocycles. The van der Waals surface area contributed by atoms with Gasteiger partial charge in [0, 0.05) is 6.54 Å². The number of anilines is 1. The van der Waals surface area contributed by atoms with Crippen molar-refractivity contribution in [3.63, 3.8) is 0 Å². The van der Waals surface area contributed by atoms with Gasteiger partial charge in [0.2, 0.25) is 5.95 Å². The highest BCUT2D eigenvalue weighted by molar-refractivity contribution is 5.69. The molecule has 0 saturated carbocycles. The van der Waals surface area contributed by atoms with Crippen molar-refractivity contribution < 1.29 is 0 Å². The van der Waals surface area contributed by atoms with Gasteiger partial charge in [0.05, 0.1) is 12.9 Å². The Bertz CT molecular complexity index is 802. The summed E-state index contributed by atoms with van der Waals surface area (Å²) in [6.45, 7) is 0.842. The second-order valence-electron chi connectivity index (χ2n) is 4.48. The monoisotopic (exact) mass is 270 g/mol. The number of aromatic amines is 1. The summed E-state index contributed by atoms with van der Waals surface area (Å²) in [5.74, 6) is 0.162. The molecule has 0 aliphatic rings. The minimum Gasteiger partial charge on any atom is -0.369 e. The molecule has 0 spiro atoms. The third-order valence-corrected chi connectivity index (χ3v) is 3.17. The molecular weight excluding hydrogens is 256 g/mol. The summed E-state index contributed by atoms with van der Waals surface area (Å²) < 4.78 is 1.40. The van der Waals surface area contributed by atoms with Crippen LogP contribution < -0.4 is 17.0 Å². The number of hydrogen-bond donors (Lipinski definition) is 3. The van der Waals surface area contributed by atoms with E-state index in [1.165, 1.54) is 10.9 Å². The first-order chi connectivity index (χ1) is 9.69. The van der Waals surface area contributed by atoms with E-state index in [1.54, 1.807) is 0 Å². The number of nitrogens with one attached hydrogen (secondary N) is 1. The SMILES string of the molecule is NCc1ccc(Cn2c(N)nc3[nH]cnc3c2=O)cc1. The van der Waals surface area contributed by atoms with Crippen molar-refractivity contribution in [1.29, 1.82) is 0 Å². The molecule has 0 amide bonds. The smallest absolute Gasteiger partial charge is 0.283 e. The number of aromatic nitrogens is 4. The second kappa shape index (κ2) is 4.78. The maximum atomic E-state index is 12.3. The molecule has 20 heavy (non-hydrogen) atoms. The first kappa shape index (κ1) is 12.4. The van der Waals surface area contributed by atoms with Gasteiger partial charge < -0.3 is 16.5 Å². The zero-order valence-electron chi connectivity index (χ0n) is 10.7. The molecule has 0 saturated heterocycles. The van der Waals surface area contributed by atoms with Crippen LogP contribution in [0.1, 0.15) is 11.1 Å².